The second-order valence-electron chi connectivity index (χ2n) is 3.54. The Balaban J connectivity index is 3.56. The van der Waals surface area contributed by atoms with E-state index in [-0.39, 0.29) is 0 Å². The van der Waals surface area contributed by atoms with Crippen LogP contribution in [0.25, 0.3) is 0 Å². The molecule has 0 N–H and O–H groups in total. The van der Waals surface area contributed by atoms with E-state index in [0.29, 0.717) is 0 Å². The fourth-order valence-corrected chi connectivity index (χ4v) is 0.988. The highest BCUT2D eigenvalue weighted by atomic mass is 15.2. The lowest BCUT2D eigenvalue weighted by Gasteiger charge is -2.23. The van der Waals surface area contributed by atoms with Gasteiger partial charge >= 0.3 is 0 Å². The summed E-state index contributed by atoms with van der Waals surface area (Å²) in [6.45, 7) is 8.39. The van der Waals surface area contributed by atoms with Gasteiger partial charge in [0.15, 0.2) is 0 Å². The summed E-state index contributed by atoms with van der Waals surface area (Å²) in [6.07, 6.45) is 2.30. The van der Waals surface area contributed by atoms with Crippen LogP contribution in [-0.2, 0) is 0 Å². The van der Waals surface area contributed by atoms with Crippen LogP contribution in [0.2, 0.25) is 0 Å². The molecule has 0 aliphatic rings. The SMILES string of the molecule is C=C(CCC)N(C)CCN(C)C. The normalized spacial score (nSPS) is 10.4. The van der Waals surface area contributed by atoms with Crippen LogP contribution in [-0.4, -0.2) is 44.0 Å². The zero-order valence-corrected chi connectivity index (χ0v) is 8.93. The van der Waals surface area contributed by atoms with Crippen molar-refractivity contribution in [1.82, 2.24) is 9.80 Å². The minimum Gasteiger partial charge on any atom is -0.377 e. The van der Waals surface area contributed by atoms with E-state index in [1.54, 1.807) is 0 Å². The zero-order chi connectivity index (χ0) is 9.56. The first kappa shape index (κ1) is 11.5. The maximum atomic E-state index is 4.03. The van der Waals surface area contributed by atoms with Crippen LogP contribution in [0.3, 0.4) is 0 Å². The Hall–Kier alpha value is -0.500. The highest BCUT2D eigenvalue weighted by molar-refractivity contribution is 4.91. The van der Waals surface area contributed by atoms with Crippen molar-refractivity contribution in [3.63, 3.8) is 0 Å². The monoisotopic (exact) mass is 170 g/mol. The second kappa shape index (κ2) is 6.06. The maximum Gasteiger partial charge on any atom is 0.0299 e. The Morgan fingerprint density at radius 2 is 1.75 bits per heavy atom. The van der Waals surface area contributed by atoms with Gasteiger partial charge in [-0.1, -0.05) is 19.9 Å². The smallest absolute Gasteiger partial charge is 0.0299 e. The quantitative estimate of drug-likeness (QED) is 0.599. The molecule has 2 heteroatoms. The minimum atomic E-state index is 1.08. The van der Waals surface area contributed by atoms with Crippen LogP contribution in [0.1, 0.15) is 19.8 Å². The van der Waals surface area contributed by atoms with Crippen molar-refractivity contribution in [2.75, 3.05) is 34.2 Å². The lowest BCUT2D eigenvalue weighted by atomic mass is 10.2. The molecule has 0 aromatic heterocycles. The first-order chi connectivity index (χ1) is 5.57. The molecule has 0 spiro atoms. The van der Waals surface area contributed by atoms with Crippen molar-refractivity contribution < 1.29 is 0 Å². The molecule has 0 fully saturated rings. The van der Waals surface area contributed by atoms with Gasteiger partial charge in [0.2, 0.25) is 0 Å². The summed E-state index contributed by atoms with van der Waals surface area (Å²) in [5.41, 5.74) is 1.25. The summed E-state index contributed by atoms with van der Waals surface area (Å²) in [4.78, 5) is 4.43. The van der Waals surface area contributed by atoms with Crippen LogP contribution >= 0.6 is 0 Å². The Morgan fingerprint density at radius 1 is 1.17 bits per heavy atom. The maximum absolute atomic E-state index is 4.03. The summed E-state index contributed by atoms with van der Waals surface area (Å²) in [5.74, 6) is 0. The summed E-state index contributed by atoms with van der Waals surface area (Å²) >= 11 is 0. The van der Waals surface area contributed by atoms with Gasteiger partial charge in [-0.15, -0.1) is 0 Å². The minimum absolute atomic E-state index is 1.08. The van der Waals surface area contributed by atoms with E-state index in [4.69, 9.17) is 0 Å². The molecule has 0 heterocycles. The Bertz CT molecular complexity index is 130. The van der Waals surface area contributed by atoms with E-state index >= 15 is 0 Å². The fraction of sp³-hybridized carbons (Fsp3) is 0.800. The molecule has 12 heavy (non-hydrogen) atoms. The average Bonchev–Trinajstić information content (AvgIpc) is 2.00. The van der Waals surface area contributed by atoms with Crippen LogP contribution in [0, 0.1) is 0 Å². The van der Waals surface area contributed by atoms with E-state index in [9.17, 15) is 0 Å². The molecule has 0 aromatic rings. The Morgan fingerprint density at radius 3 is 2.17 bits per heavy atom. The lowest BCUT2D eigenvalue weighted by Crippen LogP contribution is -2.27. The number of likely N-dealkylation sites (N-methyl/N-ethyl adjacent to an activating group) is 2. The van der Waals surface area contributed by atoms with Crippen LogP contribution in [0.15, 0.2) is 12.3 Å². The van der Waals surface area contributed by atoms with Crippen molar-refractivity contribution in [3.05, 3.63) is 12.3 Å². The highest BCUT2D eigenvalue weighted by Gasteiger charge is 2.00. The first-order valence-electron chi connectivity index (χ1n) is 4.61. The Labute approximate surface area is 76.9 Å². The molecule has 0 saturated heterocycles. The fourth-order valence-electron chi connectivity index (χ4n) is 0.988. The molecule has 0 rings (SSSR count). The van der Waals surface area contributed by atoms with Gasteiger partial charge in [0.1, 0.15) is 0 Å². The Kier molecular flexibility index (Phi) is 5.81. The van der Waals surface area contributed by atoms with Crippen molar-refractivity contribution in [2.24, 2.45) is 0 Å². The van der Waals surface area contributed by atoms with Gasteiger partial charge in [-0.05, 0) is 20.5 Å². The molecule has 0 unspecified atom stereocenters. The number of hydrogen-bond acceptors (Lipinski definition) is 2. The van der Waals surface area contributed by atoms with Crippen LogP contribution in [0.5, 0.6) is 0 Å². The first-order valence-corrected chi connectivity index (χ1v) is 4.61. The average molecular weight is 170 g/mol. The standard InChI is InChI=1S/C10H22N2/c1-6-7-10(2)12(5)9-8-11(3)4/h2,6-9H2,1,3-5H3. The van der Waals surface area contributed by atoms with Crippen LogP contribution < -0.4 is 0 Å². The zero-order valence-electron chi connectivity index (χ0n) is 8.93. The summed E-state index contributed by atoms with van der Waals surface area (Å²) < 4.78 is 0. The third-order valence-electron chi connectivity index (χ3n) is 1.96. The number of allylic oxidation sites excluding steroid dienone is 1. The molecule has 0 amide bonds. The molecule has 0 radical (unpaired) electrons. The molecule has 72 valence electrons. The van der Waals surface area contributed by atoms with Gasteiger partial charge in [-0.2, -0.15) is 0 Å². The van der Waals surface area contributed by atoms with E-state index in [1.165, 1.54) is 12.1 Å². The molecule has 0 bridgehead atoms. The van der Waals surface area contributed by atoms with Gasteiger partial charge in [0.25, 0.3) is 0 Å². The van der Waals surface area contributed by atoms with Crippen molar-refractivity contribution in [2.45, 2.75) is 19.8 Å². The number of hydrogen-bond donors (Lipinski definition) is 0. The van der Waals surface area contributed by atoms with Crippen LogP contribution in [0.4, 0.5) is 0 Å². The van der Waals surface area contributed by atoms with Gasteiger partial charge in [-0.25, -0.2) is 0 Å². The van der Waals surface area contributed by atoms with E-state index < -0.39 is 0 Å². The van der Waals surface area contributed by atoms with Crippen molar-refractivity contribution in [3.8, 4) is 0 Å². The molecule has 2 nitrogen and oxygen atoms in total. The summed E-state index contributed by atoms with van der Waals surface area (Å²) in [7, 11) is 6.30. The summed E-state index contributed by atoms with van der Waals surface area (Å²) in [6, 6.07) is 0. The second-order valence-corrected chi connectivity index (χ2v) is 3.54. The molecule has 0 saturated carbocycles. The van der Waals surface area contributed by atoms with Gasteiger partial charge in [0.05, 0.1) is 0 Å². The highest BCUT2D eigenvalue weighted by Crippen LogP contribution is 2.05. The van der Waals surface area contributed by atoms with Crippen molar-refractivity contribution >= 4 is 0 Å². The molecule has 0 aliphatic heterocycles. The predicted octanol–water partition coefficient (Wildman–Crippen LogP) is 1.79. The van der Waals surface area contributed by atoms with E-state index in [1.807, 2.05) is 0 Å². The third-order valence-corrected chi connectivity index (χ3v) is 1.96. The molecular weight excluding hydrogens is 148 g/mol. The van der Waals surface area contributed by atoms with Gasteiger partial charge < -0.3 is 9.80 Å². The molecule has 0 atom stereocenters. The third kappa shape index (κ3) is 5.19. The number of nitrogens with zero attached hydrogens (tertiary/aromatic N) is 2. The summed E-state index contributed by atoms with van der Waals surface area (Å²) in [5, 5.41) is 0. The van der Waals surface area contributed by atoms with E-state index in [2.05, 4.69) is 44.4 Å². The molecule has 0 aliphatic carbocycles. The predicted molar refractivity (Wildman–Crippen MR) is 55.2 cm³/mol. The molecular formula is C10H22N2. The topological polar surface area (TPSA) is 6.48 Å². The van der Waals surface area contributed by atoms with Crippen molar-refractivity contribution in [1.29, 1.82) is 0 Å². The molecule has 0 aromatic carbocycles. The van der Waals surface area contributed by atoms with E-state index in [0.717, 1.165) is 19.5 Å². The number of rotatable bonds is 6. The lowest BCUT2D eigenvalue weighted by molar-refractivity contribution is 0.320. The largest absolute Gasteiger partial charge is 0.377 e. The van der Waals surface area contributed by atoms with Gasteiger partial charge in [-0.3, -0.25) is 0 Å². The van der Waals surface area contributed by atoms with Gasteiger partial charge in [0, 0.05) is 25.8 Å².